The van der Waals surface area contributed by atoms with E-state index in [0.717, 1.165) is 24.8 Å². The number of hydrogen-bond donors (Lipinski definition) is 2. The molecule has 0 radical (unpaired) electrons. The zero-order valence-electron chi connectivity index (χ0n) is 23.1. The summed E-state index contributed by atoms with van der Waals surface area (Å²) in [5, 5.41) is 3.82. The molecule has 2 aromatic carbocycles. The average molecular weight is 554 g/mol. The van der Waals surface area contributed by atoms with Crippen LogP contribution in [0.15, 0.2) is 57.9 Å². The first-order valence-electron chi connectivity index (χ1n) is 13.2. The third-order valence-corrected chi connectivity index (χ3v) is 9.23. The SMILES string of the molecule is Cc1onc(NS(=O)(=O)c2ccccc2-c2ccc(C[N+](C)(C(=O)C3CCC3)[C@H](C(N)=O)C(C)C)cc2)c1C. The second-order valence-electron chi connectivity index (χ2n) is 11.0. The molecular formula is C29H37N4O5S+. The molecule has 1 heterocycles. The van der Waals surface area contributed by atoms with Gasteiger partial charge < -0.3 is 10.3 Å². The lowest BCUT2D eigenvalue weighted by Gasteiger charge is -2.43. The van der Waals surface area contributed by atoms with Gasteiger partial charge in [0.2, 0.25) is 0 Å². The van der Waals surface area contributed by atoms with E-state index >= 15 is 0 Å². The number of hydrogen-bond acceptors (Lipinski definition) is 6. The lowest BCUT2D eigenvalue weighted by molar-refractivity contribution is -0.869. The van der Waals surface area contributed by atoms with Crippen molar-refractivity contribution in [3.63, 3.8) is 0 Å². The molecule has 9 nitrogen and oxygen atoms in total. The van der Waals surface area contributed by atoms with Crippen LogP contribution in [0.1, 0.15) is 50.0 Å². The number of anilines is 1. The number of amides is 2. The molecular weight excluding hydrogens is 516 g/mol. The Morgan fingerprint density at radius 2 is 1.74 bits per heavy atom. The molecule has 1 unspecified atom stereocenters. The minimum Gasteiger partial charge on any atom is -0.364 e. The van der Waals surface area contributed by atoms with Gasteiger partial charge in [0.15, 0.2) is 11.9 Å². The topological polar surface area (TPSA) is 132 Å². The Labute approximate surface area is 230 Å². The first-order valence-corrected chi connectivity index (χ1v) is 14.7. The maximum Gasteiger partial charge on any atom is 0.317 e. The number of likely N-dealkylation sites (N-methyl/N-ethyl adjacent to an activating group) is 1. The van der Waals surface area contributed by atoms with Crippen molar-refractivity contribution in [2.75, 3.05) is 11.8 Å². The molecule has 0 spiro atoms. The van der Waals surface area contributed by atoms with Crippen molar-refractivity contribution < 1.29 is 27.0 Å². The summed E-state index contributed by atoms with van der Waals surface area (Å²) >= 11 is 0. The zero-order valence-corrected chi connectivity index (χ0v) is 23.9. The first-order chi connectivity index (χ1) is 18.3. The summed E-state index contributed by atoms with van der Waals surface area (Å²) in [6.07, 6.45) is 2.69. The summed E-state index contributed by atoms with van der Waals surface area (Å²) in [5.74, 6) is 0.0765. The molecule has 3 N–H and O–H groups in total. The van der Waals surface area contributed by atoms with Gasteiger partial charge in [0.25, 0.3) is 15.9 Å². The van der Waals surface area contributed by atoms with Crippen molar-refractivity contribution in [2.24, 2.45) is 17.6 Å². The quantitative estimate of drug-likeness (QED) is 0.354. The lowest BCUT2D eigenvalue weighted by Crippen LogP contribution is -2.64. The van der Waals surface area contributed by atoms with E-state index in [1.807, 2.05) is 45.2 Å². The van der Waals surface area contributed by atoms with Crippen LogP contribution >= 0.6 is 0 Å². The number of aryl methyl sites for hydroxylation is 1. The summed E-state index contributed by atoms with van der Waals surface area (Å²) in [6, 6.07) is 13.5. The van der Waals surface area contributed by atoms with Gasteiger partial charge in [-0.15, -0.1) is 0 Å². The van der Waals surface area contributed by atoms with Gasteiger partial charge in [-0.1, -0.05) is 67.9 Å². The van der Waals surface area contributed by atoms with E-state index in [-0.39, 0.29) is 32.9 Å². The van der Waals surface area contributed by atoms with Gasteiger partial charge in [-0.25, -0.2) is 17.7 Å². The Balaban J connectivity index is 1.65. The number of nitrogens with zero attached hydrogens (tertiary/aromatic N) is 2. The molecule has 1 aromatic heterocycles. The number of rotatable bonds is 10. The van der Waals surface area contributed by atoms with Crippen LogP contribution in [0.4, 0.5) is 5.82 Å². The monoisotopic (exact) mass is 553 g/mol. The third-order valence-electron chi connectivity index (χ3n) is 7.84. The second-order valence-corrected chi connectivity index (χ2v) is 12.6. The summed E-state index contributed by atoms with van der Waals surface area (Å²) in [7, 11) is -2.15. The molecule has 1 saturated carbocycles. The molecule has 2 amide bonds. The highest BCUT2D eigenvalue weighted by molar-refractivity contribution is 7.92. The predicted molar refractivity (Wildman–Crippen MR) is 149 cm³/mol. The van der Waals surface area contributed by atoms with Crippen LogP contribution in [0.2, 0.25) is 0 Å². The maximum atomic E-state index is 13.6. The molecule has 0 saturated heterocycles. The van der Waals surface area contributed by atoms with Crippen molar-refractivity contribution in [1.29, 1.82) is 0 Å². The third kappa shape index (κ3) is 5.62. The van der Waals surface area contributed by atoms with Gasteiger partial charge in [0.1, 0.15) is 12.3 Å². The number of nitrogens with two attached hydrogens (primary N) is 1. The van der Waals surface area contributed by atoms with E-state index in [0.29, 0.717) is 29.0 Å². The highest BCUT2D eigenvalue weighted by atomic mass is 32.2. The fourth-order valence-electron chi connectivity index (χ4n) is 5.46. The minimum atomic E-state index is -3.96. The highest BCUT2D eigenvalue weighted by Gasteiger charge is 2.49. The van der Waals surface area contributed by atoms with E-state index in [4.69, 9.17) is 10.3 Å². The fraction of sp³-hybridized carbons (Fsp3) is 0.414. The molecule has 10 heteroatoms. The van der Waals surface area contributed by atoms with Gasteiger partial charge in [0, 0.05) is 22.6 Å². The van der Waals surface area contributed by atoms with Crippen LogP contribution in [0, 0.1) is 25.7 Å². The smallest absolute Gasteiger partial charge is 0.317 e. The van der Waals surface area contributed by atoms with Crippen LogP contribution in [-0.2, 0) is 26.2 Å². The molecule has 0 aliphatic heterocycles. The Kier molecular flexibility index (Phi) is 7.99. The zero-order chi connectivity index (χ0) is 28.5. The lowest BCUT2D eigenvalue weighted by atomic mass is 9.82. The summed E-state index contributed by atoms with van der Waals surface area (Å²) in [5.41, 5.74) is 8.51. The molecule has 1 aliphatic carbocycles. The molecule has 39 heavy (non-hydrogen) atoms. The largest absolute Gasteiger partial charge is 0.364 e. The Hall–Kier alpha value is -3.50. The summed E-state index contributed by atoms with van der Waals surface area (Å²) in [4.78, 5) is 26.2. The van der Waals surface area contributed by atoms with E-state index in [1.54, 1.807) is 38.1 Å². The van der Waals surface area contributed by atoms with Crippen LogP contribution in [0.25, 0.3) is 11.1 Å². The Bertz CT molecular complexity index is 1480. The minimum absolute atomic E-state index is 0.0451. The standard InChI is InChI=1S/C29H36N4O5S/c1-18(2)26(27(30)34)33(5,29(35)23-9-8-10-23)17-21-13-15-22(16-14-21)24-11-6-7-12-25(24)39(36,37)32-28-19(3)20(4)38-31-28/h6-7,11-16,18,23,26H,8-10,17H2,1-5H3,(H2-,30,31,32,34)/p+1/t26-,33?/m0/s1. The van der Waals surface area contributed by atoms with Crippen molar-refractivity contribution in [3.05, 3.63) is 65.4 Å². The Morgan fingerprint density at radius 1 is 1.10 bits per heavy atom. The number of nitrogens with one attached hydrogen (secondary N) is 1. The Morgan fingerprint density at radius 3 is 2.26 bits per heavy atom. The van der Waals surface area contributed by atoms with Crippen molar-refractivity contribution >= 4 is 27.7 Å². The number of carbonyl (C=O) groups excluding carboxylic acids is 2. The fourth-order valence-corrected chi connectivity index (χ4v) is 6.74. The van der Waals surface area contributed by atoms with Crippen LogP contribution in [0.5, 0.6) is 0 Å². The highest BCUT2D eigenvalue weighted by Crippen LogP contribution is 2.35. The predicted octanol–water partition coefficient (Wildman–Crippen LogP) is 4.54. The van der Waals surface area contributed by atoms with Crippen LogP contribution in [-0.4, -0.2) is 43.0 Å². The summed E-state index contributed by atoms with van der Waals surface area (Å²) in [6.45, 7) is 7.59. The molecule has 1 fully saturated rings. The number of aromatic nitrogens is 1. The molecule has 2 atom stereocenters. The van der Waals surface area contributed by atoms with Crippen LogP contribution in [0.3, 0.4) is 0 Å². The van der Waals surface area contributed by atoms with E-state index in [9.17, 15) is 18.0 Å². The van der Waals surface area contributed by atoms with E-state index < -0.39 is 22.0 Å². The number of benzene rings is 2. The summed E-state index contributed by atoms with van der Waals surface area (Å²) < 4.78 is 34.2. The second kappa shape index (κ2) is 10.9. The van der Waals surface area contributed by atoms with Gasteiger partial charge in [-0.2, -0.15) is 0 Å². The van der Waals surface area contributed by atoms with Gasteiger partial charge in [-0.3, -0.25) is 9.52 Å². The molecule has 4 rings (SSSR count). The molecule has 3 aromatic rings. The van der Waals surface area contributed by atoms with Crippen LogP contribution < -0.4 is 10.5 Å². The van der Waals surface area contributed by atoms with E-state index in [1.165, 1.54) is 0 Å². The van der Waals surface area contributed by atoms with Crippen molar-refractivity contribution in [1.82, 2.24) is 5.16 Å². The molecule has 208 valence electrons. The van der Waals surface area contributed by atoms with Crippen molar-refractivity contribution in [2.45, 2.75) is 64.4 Å². The first kappa shape index (κ1) is 28.5. The van der Waals surface area contributed by atoms with Gasteiger partial charge in [-0.05, 0) is 38.3 Å². The van der Waals surface area contributed by atoms with Crippen molar-refractivity contribution in [3.8, 4) is 11.1 Å². The number of sulfonamides is 1. The number of primary amides is 1. The molecule has 1 aliphatic rings. The van der Waals surface area contributed by atoms with Gasteiger partial charge in [0.05, 0.1) is 17.9 Å². The van der Waals surface area contributed by atoms with Gasteiger partial charge >= 0.3 is 5.91 Å². The number of carbonyl (C=O) groups is 2. The normalized spacial score (nSPS) is 16.4. The average Bonchev–Trinajstić information content (AvgIpc) is 3.14. The maximum absolute atomic E-state index is 13.6. The number of quaternary nitrogens is 1. The molecule has 0 bridgehead atoms. The van der Waals surface area contributed by atoms with E-state index in [2.05, 4.69) is 9.88 Å².